The first-order valence-corrected chi connectivity index (χ1v) is 3.51. The summed E-state index contributed by atoms with van der Waals surface area (Å²) >= 11 is 5.54. The normalized spacial score (nSPS) is 8.77. The standard InChI is InChI=1S/C8H6ClO3.Y/c1-12-7-3-2-5(9)4-6(7)8(10)11;/h3-4H,1H3,(H,10,11);/q-1;. The number of methoxy groups -OCH3 is 1. The molecular formula is C8H6ClO3Y-. The van der Waals surface area contributed by atoms with Crippen molar-refractivity contribution >= 4 is 17.6 Å². The third-order valence-corrected chi connectivity index (χ3v) is 1.55. The Morgan fingerprint density at radius 2 is 2.31 bits per heavy atom. The molecule has 0 heterocycles. The Hall–Kier alpha value is -0.116. The van der Waals surface area contributed by atoms with E-state index < -0.39 is 5.97 Å². The quantitative estimate of drug-likeness (QED) is 0.837. The predicted octanol–water partition coefficient (Wildman–Crippen LogP) is 1.84. The third kappa shape index (κ3) is 3.26. The van der Waals surface area contributed by atoms with Crippen LogP contribution in [0.3, 0.4) is 0 Å². The van der Waals surface area contributed by atoms with E-state index in [0.717, 1.165) is 0 Å². The maximum atomic E-state index is 10.6. The van der Waals surface area contributed by atoms with Crippen LogP contribution in [0.4, 0.5) is 0 Å². The van der Waals surface area contributed by atoms with Crippen LogP contribution < -0.4 is 4.74 Å². The van der Waals surface area contributed by atoms with E-state index in [1.54, 1.807) is 0 Å². The number of hydrogen-bond donors (Lipinski definition) is 1. The van der Waals surface area contributed by atoms with Gasteiger partial charge in [0.25, 0.3) is 0 Å². The van der Waals surface area contributed by atoms with Gasteiger partial charge in [-0.3, -0.25) is 0 Å². The molecule has 3 nitrogen and oxygen atoms in total. The number of rotatable bonds is 2. The second-order valence-electron chi connectivity index (χ2n) is 2.07. The molecule has 5 heteroatoms. The number of ether oxygens (including phenoxy) is 1. The van der Waals surface area contributed by atoms with Gasteiger partial charge in [-0.05, 0) is 5.56 Å². The second-order valence-corrected chi connectivity index (χ2v) is 2.48. The van der Waals surface area contributed by atoms with Crippen LogP contribution in [0.25, 0.3) is 0 Å². The number of carboxylic acid groups (broad SMARTS) is 1. The van der Waals surface area contributed by atoms with Gasteiger partial charge in [0.15, 0.2) is 0 Å². The summed E-state index contributed by atoms with van der Waals surface area (Å²) in [4.78, 5) is 10.6. The van der Waals surface area contributed by atoms with Crippen LogP contribution in [-0.2, 0) is 32.7 Å². The predicted molar refractivity (Wildman–Crippen MR) is 43.8 cm³/mol. The minimum absolute atomic E-state index is 0. The van der Waals surface area contributed by atoms with Crippen molar-refractivity contribution in [3.63, 3.8) is 0 Å². The van der Waals surface area contributed by atoms with E-state index in [1.807, 2.05) is 0 Å². The number of carboxylic acids is 1. The summed E-state index contributed by atoms with van der Waals surface area (Å²) in [7, 11) is 1.39. The van der Waals surface area contributed by atoms with Gasteiger partial charge in [0.05, 0.1) is 7.11 Å². The number of halogens is 1. The van der Waals surface area contributed by atoms with E-state index in [4.69, 9.17) is 21.4 Å². The van der Waals surface area contributed by atoms with Gasteiger partial charge in [0.1, 0.15) is 0 Å². The van der Waals surface area contributed by atoms with Crippen molar-refractivity contribution in [1.82, 2.24) is 0 Å². The molecule has 0 bridgehead atoms. The van der Waals surface area contributed by atoms with Crippen molar-refractivity contribution in [3.05, 3.63) is 28.8 Å². The largest absolute Gasteiger partial charge is 0.553 e. The van der Waals surface area contributed by atoms with Crippen molar-refractivity contribution in [3.8, 4) is 5.75 Å². The van der Waals surface area contributed by atoms with Gasteiger partial charge in [-0.25, -0.2) is 4.79 Å². The SMILES string of the molecule is COc1c[c-]c(Cl)cc1C(=O)O.[Y]. The summed E-state index contributed by atoms with van der Waals surface area (Å²) in [6.07, 6.45) is 0. The second kappa shape index (κ2) is 5.58. The summed E-state index contributed by atoms with van der Waals surface area (Å²) in [5, 5.41) is 8.93. The van der Waals surface area contributed by atoms with Crippen LogP contribution in [0.5, 0.6) is 5.75 Å². The maximum absolute atomic E-state index is 10.6. The van der Waals surface area contributed by atoms with Crippen LogP contribution in [0.15, 0.2) is 12.1 Å². The molecule has 0 aromatic heterocycles. The molecule has 0 saturated heterocycles. The number of hydrogen-bond acceptors (Lipinski definition) is 2. The molecule has 0 unspecified atom stereocenters. The molecule has 1 N–H and O–H groups in total. The average Bonchev–Trinajstić information content (AvgIpc) is 2.04. The Kier molecular flexibility index (Phi) is 5.53. The zero-order chi connectivity index (χ0) is 9.14. The van der Waals surface area contributed by atoms with Crippen LogP contribution in [-0.4, -0.2) is 18.2 Å². The van der Waals surface area contributed by atoms with Gasteiger partial charge >= 0.3 is 5.97 Å². The van der Waals surface area contributed by atoms with Crippen molar-refractivity contribution in [2.75, 3.05) is 7.11 Å². The summed E-state index contributed by atoms with van der Waals surface area (Å²) in [5.74, 6) is -0.811. The van der Waals surface area contributed by atoms with E-state index in [2.05, 4.69) is 6.07 Å². The molecule has 0 aliphatic heterocycles. The Morgan fingerprint density at radius 3 is 2.77 bits per heavy atom. The molecular weight excluding hydrogens is 268 g/mol. The zero-order valence-corrected chi connectivity index (χ0v) is 10.5. The van der Waals surface area contributed by atoms with Crippen LogP contribution >= 0.6 is 11.6 Å². The molecule has 1 aromatic carbocycles. The fourth-order valence-corrected chi connectivity index (χ4v) is 0.951. The fraction of sp³-hybridized carbons (Fsp3) is 0.125. The molecule has 1 radical (unpaired) electrons. The fourth-order valence-electron chi connectivity index (χ4n) is 0.788. The van der Waals surface area contributed by atoms with Gasteiger partial charge < -0.3 is 9.84 Å². The first-order valence-electron chi connectivity index (χ1n) is 3.13. The average molecular weight is 274 g/mol. The van der Waals surface area contributed by atoms with Crippen molar-refractivity contribution < 1.29 is 47.3 Å². The van der Waals surface area contributed by atoms with Crippen LogP contribution in [0.2, 0.25) is 5.02 Å². The van der Waals surface area contributed by atoms with Crippen LogP contribution in [0, 0.1) is 6.07 Å². The van der Waals surface area contributed by atoms with Gasteiger partial charge in [0.2, 0.25) is 0 Å². The molecule has 0 spiro atoms. The molecule has 1 rings (SSSR count). The molecule has 0 amide bonds. The van der Waals surface area contributed by atoms with Gasteiger partial charge in [-0.1, -0.05) is 5.02 Å². The van der Waals surface area contributed by atoms with Gasteiger partial charge in [-0.15, -0.1) is 23.7 Å². The van der Waals surface area contributed by atoms with Gasteiger partial charge in [0, 0.05) is 38.5 Å². The Labute approximate surface area is 106 Å². The topological polar surface area (TPSA) is 46.5 Å². The van der Waals surface area contributed by atoms with Crippen LogP contribution in [0.1, 0.15) is 10.4 Å². The van der Waals surface area contributed by atoms with E-state index in [9.17, 15) is 4.79 Å². The first-order chi connectivity index (χ1) is 5.65. The summed E-state index contributed by atoms with van der Waals surface area (Å²) in [6.45, 7) is 0. The smallest absolute Gasteiger partial charge is 0.314 e. The third-order valence-electron chi connectivity index (χ3n) is 1.33. The van der Waals surface area contributed by atoms with Crippen molar-refractivity contribution in [1.29, 1.82) is 0 Å². The Morgan fingerprint density at radius 1 is 1.69 bits per heavy atom. The van der Waals surface area contributed by atoms with Crippen molar-refractivity contribution in [2.45, 2.75) is 0 Å². The molecule has 1 aromatic rings. The molecule has 0 saturated carbocycles. The minimum Gasteiger partial charge on any atom is -0.553 e. The molecule has 67 valence electrons. The zero-order valence-electron chi connectivity index (χ0n) is 6.87. The minimum atomic E-state index is -1.07. The monoisotopic (exact) mass is 274 g/mol. The number of aromatic carboxylic acids is 1. The Balaban J connectivity index is 0.00000144. The van der Waals surface area contributed by atoms with Crippen molar-refractivity contribution in [2.24, 2.45) is 0 Å². The molecule has 0 atom stereocenters. The van der Waals surface area contributed by atoms with E-state index >= 15 is 0 Å². The molecule has 0 fully saturated rings. The van der Waals surface area contributed by atoms with E-state index in [1.165, 1.54) is 19.2 Å². The summed E-state index contributed by atoms with van der Waals surface area (Å²) in [6, 6.07) is 5.31. The number of benzene rings is 1. The molecule has 0 aliphatic rings. The summed E-state index contributed by atoms with van der Waals surface area (Å²) < 4.78 is 4.79. The molecule has 0 aliphatic carbocycles. The molecule has 13 heavy (non-hydrogen) atoms. The summed E-state index contributed by atoms with van der Waals surface area (Å²) in [5.41, 5.74) is 0.0428. The van der Waals surface area contributed by atoms with E-state index in [-0.39, 0.29) is 49.0 Å². The number of carbonyl (C=O) groups is 1. The maximum Gasteiger partial charge on any atom is 0.314 e. The van der Waals surface area contributed by atoms with E-state index in [0.29, 0.717) is 0 Å². The van der Waals surface area contributed by atoms with Gasteiger partial charge in [-0.2, -0.15) is 6.07 Å². The first kappa shape index (κ1) is 12.9. The Bertz CT molecular complexity index is 314.